The van der Waals surface area contributed by atoms with Crippen molar-refractivity contribution in [1.29, 1.82) is 5.26 Å². The third-order valence-corrected chi connectivity index (χ3v) is 1.76. The predicted molar refractivity (Wildman–Crippen MR) is 48.4 cm³/mol. The molecule has 0 spiro atoms. The fourth-order valence-electron chi connectivity index (χ4n) is 1.08. The molecule has 0 aliphatic rings. The smallest absolute Gasteiger partial charge is 0.0669 e. The molecule has 0 heterocycles. The van der Waals surface area contributed by atoms with Gasteiger partial charge in [-0.2, -0.15) is 5.26 Å². The minimum absolute atomic E-state index is 0.0450. The maximum Gasteiger partial charge on any atom is 0.0669 e. The standard InChI is InChI=1S/C10H12N2/c1-8(12)10-4-2-3-9(7-10)5-6-11/h2-4,7-8H,5,12H2,1H3/t8-/m1/s1. The highest BCUT2D eigenvalue weighted by atomic mass is 14.6. The topological polar surface area (TPSA) is 49.8 Å². The average Bonchev–Trinajstić information content (AvgIpc) is 2.05. The van der Waals surface area contributed by atoms with Crippen LogP contribution >= 0.6 is 0 Å². The minimum atomic E-state index is 0.0450. The van der Waals surface area contributed by atoms with Gasteiger partial charge >= 0.3 is 0 Å². The van der Waals surface area contributed by atoms with Crippen LogP contribution in [0.4, 0.5) is 0 Å². The van der Waals surface area contributed by atoms with Crippen LogP contribution in [0.5, 0.6) is 0 Å². The molecule has 0 saturated heterocycles. The van der Waals surface area contributed by atoms with Gasteiger partial charge in [0.2, 0.25) is 0 Å². The van der Waals surface area contributed by atoms with Crippen molar-refractivity contribution in [2.45, 2.75) is 19.4 Å². The third kappa shape index (κ3) is 2.08. The number of nitrogens with zero attached hydrogens (tertiary/aromatic N) is 1. The zero-order valence-electron chi connectivity index (χ0n) is 7.12. The Kier molecular flexibility index (Phi) is 2.84. The van der Waals surface area contributed by atoms with Crippen molar-refractivity contribution in [3.8, 4) is 6.07 Å². The van der Waals surface area contributed by atoms with Crippen LogP contribution < -0.4 is 5.73 Å². The summed E-state index contributed by atoms with van der Waals surface area (Å²) in [5.41, 5.74) is 7.82. The molecule has 62 valence electrons. The van der Waals surface area contributed by atoms with E-state index >= 15 is 0 Å². The summed E-state index contributed by atoms with van der Waals surface area (Å²) in [7, 11) is 0. The molecule has 1 aromatic rings. The zero-order valence-corrected chi connectivity index (χ0v) is 7.12. The van der Waals surface area contributed by atoms with Crippen molar-refractivity contribution >= 4 is 0 Å². The van der Waals surface area contributed by atoms with Gasteiger partial charge in [-0.3, -0.25) is 0 Å². The minimum Gasteiger partial charge on any atom is -0.324 e. The van der Waals surface area contributed by atoms with Crippen LogP contribution in [0.2, 0.25) is 0 Å². The van der Waals surface area contributed by atoms with Crippen LogP contribution in [0.25, 0.3) is 0 Å². The fraction of sp³-hybridized carbons (Fsp3) is 0.300. The van der Waals surface area contributed by atoms with Gasteiger partial charge in [0.1, 0.15) is 0 Å². The van der Waals surface area contributed by atoms with Crippen LogP contribution in [-0.4, -0.2) is 0 Å². The lowest BCUT2D eigenvalue weighted by Gasteiger charge is -2.05. The van der Waals surface area contributed by atoms with Gasteiger partial charge in [0.25, 0.3) is 0 Å². The highest BCUT2D eigenvalue weighted by molar-refractivity contribution is 5.27. The van der Waals surface area contributed by atoms with Crippen molar-refractivity contribution in [3.63, 3.8) is 0 Å². The molecule has 0 aliphatic carbocycles. The van der Waals surface area contributed by atoms with Gasteiger partial charge in [-0.15, -0.1) is 0 Å². The van der Waals surface area contributed by atoms with E-state index in [0.717, 1.165) is 11.1 Å². The van der Waals surface area contributed by atoms with Crippen molar-refractivity contribution in [1.82, 2.24) is 0 Å². The maximum absolute atomic E-state index is 8.47. The van der Waals surface area contributed by atoms with Gasteiger partial charge in [-0.25, -0.2) is 0 Å². The van der Waals surface area contributed by atoms with E-state index in [0.29, 0.717) is 6.42 Å². The van der Waals surface area contributed by atoms with Crippen molar-refractivity contribution in [2.24, 2.45) is 5.73 Å². The monoisotopic (exact) mass is 160 g/mol. The zero-order chi connectivity index (χ0) is 8.97. The summed E-state index contributed by atoms with van der Waals surface area (Å²) in [6, 6.07) is 9.99. The molecule has 12 heavy (non-hydrogen) atoms. The number of rotatable bonds is 2. The van der Waals surface area contributed by atoms with E-state index in [-0.39, 0.29) is 6.04 Å². The van der Waals surface area contributed by atoms with E-state index in [1.165, 1.54) is 0 Å². The van der Waals surface area contributed by atoms with E-state index in [4.69, 9.17) is 11.0 Å². The Labute approximate surface area is 72.6 Å². The van der Waals surface area contributed by atoms with E-state index in [2.05, 4.69) is 6.07 Å². The second-order valence-corrected chi connectivity index (χ2v) is 2.87. The largest absolute Gasteiger partial charge is 0.324 e. The summed E-state index contributed by atoms with van der Waals surface area (Å²) in [6.45, 7) is 1.94. The second-order valence-electron chi connectivity index (χ2n) is 2.87. The first-order valence-corrected chi connectivity index (χ1v) is 3.95. The molecule has 1 atom stereocenters. The molecule has 2 nitrogen and oxygen atoms in total. The molecule has 0 saturated carbocycles. The van der Waals surface area contributed by atoms with Gasteiger partial charge in [0.05, 0.1) is 12.5 Å². The van der Waals surface area contributed by atoms with Gasteiger partial charge in [-0.1, -0.05) is 24.3 Å². The summed E-state index contributed by atoms with van der Waals surface area (Å²) in [4.78, 5) is 0. The van der Waals surface area contributed by atoms with Crippen LogP contribution in [0, 0.1) is 11.3 Å². The van der Waals surface area contributed by atoms with Gasteiger partial charge in [0.15, 0.2) is 0 Å². The molecule has 2 heteroatoms. The second kappa shape index (κ2) is 3.89. The number of hydrogen-bond acceptors (Lipinski definition) is 2. The Hall–Kier alpha value is -1.33. The molecule has 0 amide bonds. The highest BCUT2D eigenvalue weighted by Gasteiger charge is 1.99. The quantitative estimate of drug-likeness (QED) is 0.716. The molecule has 0 bridgehead atoms. The van der Waals surface area contributed by atoms with Crippen LogP contribution in [0.15, 0.2) is 24.3 Å². The Morgan fingerprint density at radius 2 is 2.33 bits per heavy atom. The predicted octanol–water partition coefficient (Wildman–Crippen LogP) is 1.77. The Morgan fingerprint density at radius 1 is 1.58 bits per heavy atom. The van der Waals surface area contributed by atoms with E-state index < -0.39 is 0 Å². The Balaban J connectivity index is 2.90. The molecule has 0 radical (unpaired) electrons. The summed E-state index contributed by atoms with van der Waals surface area (Å²) in [6.07, 6.45) is 0.459. The first-order valence-electron chi connectivity index (χ1n) is 3.95. The lowest BCUT2D eigenvalue weighted by atomic mass is 10.0. The van der Waals surface area contributed by atoms with Crippen molar-refractivity contribution in [3.05, 3.63) is 35.4 Å². The average molecular weight is 160 g/mol. The number of hydrogen-bond donors (Lipinski definition) is 1. The molecule has 0 aliphatic heterocycles. The fourth-order valence-corrected chi connectivity index (χ4v) is 1.08. The molecule has 1 aromatic carbocycles. The molecule has 1 rings (SSSR count). The molecular weight excluding hydrogens is 148 g/mol. The molecule has 2 N–H and O–H groups in total. The summed E-state index contributed by atoms with van der Waals surface area (Å²) in [5, 5.41) is 8.47. The first-order chi connectivity index (χ1) is 5.74. The number of benzene rings is 1. The number of nitriles is 1. The van der Waals surface area contributed by atoms with Crippen LogP contribution in [0.3, 0.4) is 0 Å². The third-order valence-electron chi connectivity index (χ3n) is 1.76. The van der Waals surface area contributed by atoms with Gasteiger partial charge in [0, 0.05) is 6.04 Å². The van der Waals surface area contributed by atoms with Crippen molar-refractivity contribution in [2.75, 3.05) is 0 Å². The SMILES string of the molecule is C[C@@H](N)c1cccc(CC#N)c1. The van der Waals surface area contributed by atoms with E-state index in [1.807, 2.05) is 31.2 Å². The molecule has 0 unspecified atom stereocenters. The lowest BCUT2D eigenvalue weighted by Crippen LogP contribution is -2.04. The molecule has 0 aromatic heterocycles. The first kappa shape index (κ1) is 8.76. The Morgan fingerprint density at radius 3 is 2.92 bits per heavy atom. The van der Waals surface area contributed by atoms with Gasteiger partial charge < -0.3 is 5.73 Å². The van der Waals surface area contributed by atoms with E-state index in [1.54, 1.807) is 0 Å². The summed E-state index contributed by atoms with van der Waals surface area (Å²) in [5.74, 6) is 0. The summed E-state index contributed by atoms with van der Waals surface area (Å²) < 4.78 is 0. The van der Waals surface area contributed by atoms with Crippen molar-refractivity contribution < 1.29 is 0 Å². The highest BCUT2D eigenvalue weighted by Crippen LogP contribution is 2.11. The van der Waals surface area contributed by atoms with E-state index in [9.17, 15) is 0 Å². The Bertz CT molecular complexity index is 297. The van der Waals surface area contributed by atoms with Gasteiger partial charge in [-0.05, 0) is 18.1 Å². The normalized spacial score (nSPS) is 12.1. The molecular formula is C10H12N2. The number of nitrogens with two attached hydrogens (primary N) is 1. The lowest BCUT2D eigenvalue weighted by molar-refractivity contribution is 0.816. The summed E-state index contributed by atoms with van der Waals surface area (Å²) >= 11 is 0. The maximum atomic E-state index is 8.47. The molecule has 0 fully saturated rings. The van der Waals surface area contributed by atoms with Crippen LogP contribution in [-0.2, 0) is 6.42 Å². The van der Waals surface area contributed by atoms with Crippen LogP contribution in [0.1, 0.15) is 24.1 Å².